The summed E-state index contributed by atoms with van der Waals surface area (Å²) in [7, 11) is -2.21. The number of carboxylic acid groups (broad SMARTS) is 1. The maximum atomic E-state index is 12.0. The molecule has 1 aromatic heterocycles. The Hall–Kier alpha value is -1.94. The van der Waals surface area contributed by atoms with E-state index in [9.17, 15) is 18.0 Å². The van der Waals surface area contributed by atoms with Crippen LogP contribution in [0.2, 0.25) is 0 Å². The van der Waals surface area contributed by atoms with Gasteiger partial charge in [0.2, 0.25) is 5.91 Å². The summed E-state index contributed by atoms with van der Waals surface area (Å²) >= 11 is 0. The maximum Gasteiger partial charge on any atom is 0.308 e. The van der Waals surface area contributed by atoms with Crippen molar-refractivity contribution in [1.82, 2.24) is 19.2 Å². The van der Waals surface area contributed by atoms with Gasteiger partial charge in [0, 0.05) is 26.3 Å². The third kappa shape index (κ3) is 3.83. The number of hydrogen-bond donors (Lipinski definition) is 2. The molecule has 1 aliphatic rings. The maximum absolute atomic E-state index is 12.0. The number of likely N-dealkylation sites (tertiary alicyclic amines) is 1. The van der Waals surface area contributed by atoms with Gasteiger partial charge in [-0.05, 0) is 12.8 Å². The zero-order valence-corrected chi connectivity index (χ0v) is 12.9. The van der Waals surface area contributed by atoms with Gasteiger partial charge in [0.25, 0.3) is 10.0 Å². The molecule has 2 N–H and O–H groups in total. The molecule has 2 rings (SSSR count). The van der Waals surface area contributed by atoms with Crippen molar-refractivity contribution in [2.24, 2.45) is 13.0 Å². The highest BCUT2D eigenvalue weighted by Gasteiger charge is 2.28. The molecular weight excluding hydrogens is 312 g/mol. The number of carboxylic acids is 1. The number of piperidine rings is 1. The van der Waals surface area contributed by atoms with Crippen molar-refractivity contribution in [1.29, 1.82) is 0 Å². The molecule has 2 heterocycles. The van der Waals surface area contributed by atoms with Gasteiger partial charge in [-0.15, -0.1) is 0 Å². The van der Waals surface area contributed by atoms with Crippen LogP contribution in [-0.4, -0.2) is 59.5 Å². The molecule has 9 nitrogen and oxygen atoms in total. The zero-order valence-electron chi connectivity index (χ0n) is 12.1. The number of aromatic nitrogens is 2. The summed E-state index contributed by atoms with van der Waals surface area (Å²) in [6.45, 7) is 0.138. The summed E-state index contributed by atoms with van der Waals surface area (Å²) in [5, 5.41) is 8.83. The van der Waals surface area contributed by atoms with Crippen LogP contribution in [0.15, 0.2) is 17.6 Å². The third-order valence-corrected chi connectivity index (χ3v) is 4.78. The SMILES string of the molecule is Cn1cnc(S(=O)(=O)NCC(=O)N2CCCC(C(=O)O)C2)c1. The number of rotatable bonds is 5. The number of aryl methyl sites for hydroxylation is 1. The summed E-state index contributed by atoms with van der Waals surface area (Å²) in [5.74, 6) is -1.97. The highest BCUT2D eigenvalue weighted by atomic mass is 32.2. The van der Waals surface area contributed by atoms with Crippen LogP contribution in [0, 0.1) is 5.92 Å². The fraction of sp³-hybridized carbons (Fsp3) is 0.583. The first kappa shape index (κ1) is 16.4. The van der Waals surface area contributed by atoms with E-state index in [0.717, 1.165) is 0 Å². The van der Waals surface area contributed by atoms with Crippen LogP contribution >= 0.6 is 0 Å². The topological polar surface area (TPSA) is 122 Å². The normalized spacial score (nSPS) is 19.1. The lowest BCUT2D eigenvalue weighted by Gasteiger charge is -2.30. The largest absolute Gasteiger partial charge is 0.481 e. The van der Waals surface area contributed by atoms with Crippen LogP contribution in [0.3, 0.4) is 0 Å². The molecular formula is C12H18N4O5S. The molecule has 1 aliphatic heterocycles. The van der Waals surface area contributed by atoms with E-state index in [1.54, 1.807) is 7.05 Å². The van der Waals surface area contributed by atoms with E-state index >= 15 is 0 Å². The Balaban J connectivity index is 1.93. The van der Waals surface area contributed by atoms with Gasteiger partial charge in [-0.2, -0.15) is 0 Å². The van der Waals surface area contributed by atoms with E-state index in [0.29, 0.717) is 19.4 Å². The minimum atomic E-state index is -3.85. The molecule has 0 radical (unpaired) electrons. The zero-order chi connectivity index (χ0) is 16.3. The first-order chi connectivity index (χ1) is 10.3. The van der Waals surface area contributed by atoms with E-state index in [-0.39, 0.29) is 11.6 Å². The Labute approximate surface area is 128 Å². The van der Waals surface area contributed by atoms with Gasteiger partial charge in [-0.3, -0.25) is 9.59 Å². The molecule has 122 valence electrons. The van der Waals surface area contributed by atoms with Crippen LogP contribution in [0.4, 0.5) is 0 Å². The number of sulfonamides is 1. The average molecular weight is 330 g/mol. The van der Waals surface area contributed by atoms with Crippen LogP contribution < -0.4 is 4.72 Å². The fourth-order valence-corrected chi connectivity index (χ4v) is 3.23. The second-order valence-electron chi connectivity index (χ2n) is 5.22. The number of nitrogens with zero attached hydrogens (tertiary/aromatic N) is 3. The summed E-state index contributed by atoms with van der Waals surface area (Å²) in [4.78, 5) is 28.1. The van der Waals surface area contributed by atoms with Crippen LogP contribution in [-0.2, 0) is 26.7 Å². The lowest BCUT2D eigenvalue weighted by molar-refractivity contribution is -0.145. The van der Waals surface area contributed by atoms with E-state index in [1.807, 2.05) is 0 Å². The molecule has 1 unspecified atom stereocenters. The van der Waals surface area contributed by atoms with E-state index in [2.05, 4.69) is 9.71 Å². The first-order valence-corrected chi connectivity index (χ1v) is 8.26. The second-order valence-corrected chi connectivity index (χ2v) is 6.93. The molecule has 0 saturated carbocycles. The summed E-state index contributed by atoms with van der Waals surface area (Å²) in [6.07, 6.45) is 3.79. The molecule has 0 spiro atoms. The van der Waals surface area contributed by atoms with E-state index in [1.165, 1.54) is 22.0 Å². The summed E-state index contributed by atoms with van der Waals surface area (Å²) in [6, 6.07) is 0. The van der Waals surface area contributed by atoms with Gasteiger partial charge in [-0.1, -0.05) is 0 Å². The van der Waals surface area contributed by atoms with Gasteiger partial charge in [0.15, 0.2) is 5.03 Å². The molecule has 1 atom stereocenters. The number of nitrogens with one attached hydrogen (secondary N) is 1. The van der Waals surface area contributed by atoms with Crippen molar-refractivity contribution in [3.05, 3.63) is 12.5 Å². The quantitative estimate of drug-likeness (QED) is 0.716. The van der Waals surface area contributed by atoms with Crippen molar-refractivity contribution in [2.75, 3.05) is 19.6 Å². The summed E-state index contributed by atoms with van der Waals surface area (Å²) in [5.41, 5.74) is 0. The molecule has 22 heavy (non-hydrogen) atoms. The van der Waals surface area contributed by atoms with Crippen molar-refractivity contribution in [3.63, 3.8) is 0 Å². The monoisotopic (exact) mass is 330 g/mol. The van der Waals surface area contributed by atoms with E-state index in [4.69, 9.17) is 5.11 Å². The number of amides is 1. The predicted molar refractivity (Wildman–Crippen MR) is 75.3 cm³/mol. The first-order valence-electron chi connectivity index (χ1n) is 6.78. The minimum absolute atomic E-state index is 0.111. The van der Waals surface area contributed by atoms with Gasteiger partial charge in [-0.25, -0.2) is 18.1 Å². The number of carbonyl (C=O) groups is 2. The molecule has 1 saturated heterocycles. The molecule has 1 fully saturated rings. The predicted octanol–water partition coefficient (Wildman–Crippen LogP) is -0.978. The molecule has 0 bridgehead atoms. The van der Waals surface area contributed by atoms with Crippen LogP contribution in [0.5, 0.6) is 0 Å². The van der Waals surface area contributed by atoms with Crippen molar-refractivity contribution in [3.8, 4) is 0 Å². The van der Waals surface area contributed by atoms with Gasteiger partial charge >= 0.3 is 5.97 Å². The lowest BCUT2D eigenvalue weighted by atomic mass is 9.98. The number of aliphatic carboxylic acids is 1. The Morgan fingerprint density at radius 3 is 2.82 bits per heavy atom. The Kier molecular flexibility index (Phi) is 4.81. The smallest absolute Gasteiger partial charge is 0.308 e. The van der Waals surface area contributed by atoms with Gasteiger partial charge < -0.3 is 14.6 Å². The summed E-state index contributed by atoms with van der Waals surface area (Å²) < 4.78 is 27.6. The molecule has 0 aliphatic carbocycles. The van der Waals surface area contributed by atoms with Crippen molar-refractivity contribution >= 4 is 21.9 Å². The highest BCUT2D eigenvalue weighted by molar-refractivity contribution is 7.89. The highest BCUT2D eigenvalue weighted by Crippen LogP contribution is 2.16. The van der Waals surface area contributed by atoms with Crippen LogP contribution in [0.25, 0.3) is 0 Å². The standard InChI is InChI=1S/C12H18N4O5S/c1-15-7-10(13-8-15)22(20,21)14-5-11(17)16-4-2-3-9(6-16)12(18)19/h7-9,14H,2-6H2,1H3,(H,18,19). The number of imidazole rings is 1. The number of carbonyl (C=O) groups excluding carboxylic acids is 1. The second kappa shape index (κ2) is 6.44. The van der Waals surface area contributed by atoms with Crippen molar-refractivity contribution in [2.45, 2.75) is 17.9 Å². The third-order valence-electron chi connectivity index (χ3n) is 3.49. The molecule has 0 aromatic carbocycles. The van der Waals surface area contributed by atoms with E-state index < -0.39 is 34.4 Å². The van der Waals surface area contributed by atoms with Gasteiger partial charge in [0.05, 0.1) is 18.8 Å². The van der Waals surface area contributed by atoms with Crippen molar-refractivity contribution < 1.29 is 23.1 Å². The Morgan fingerprint density at radius 2 is 2.23 bits per heavy atom. The minimum Gasteiger partial charge on any atom is -0.481 e. The average Bonchev–Trinajstić information content (AvgIpc) is 2.92. The fourth-order valence-electron chi connectivity index (χ4n) is 2.28. The Morgan fingerprint density at radius 1 is 1.50 bits per heavy atom. The molecule has 1 amide bonds. The number of hydrogen-bond acceptors (Lipinski definition) is 5. The van der Waals surface area contributed by atoms with Crippen LogP contribution in [0.1, 0.15) is 12.8 Å². The van der Waals surface area contributed by atoms with Gasteiger partial charge in [0.1, 0.15) is 0 Å². The Bertz CT molecular complexity index is 669. The molecule has 1 aromatic rings. The lowest BCUT2D eigenvalue weighted by Crippen LogP contribution is -2.46. The molecule has 10 heteroatoms.